The number of aromatic nitrogens is 1. The molecule has 41 heavy (non-hydrogen) atoms. The van der Waals surface area contributed by atoms with E-state index < -0.39 is 5.82 Å². The zero-order chi connectivity index (χ0) is 28.5. The molecule has 1 fully saturated rings. The molecule has 0 bridgehead atoms. The topological polar surface area (TPSA) is 89.7 Å². The molecule has 0 aliphatic carbocycles. The van der Waals surface area contributed by atoms with E-state index in [0.29, 0.717) is 46.9 Å². The van der Waals surface area contributed by atoms with Crippen LogP contribution < -0.4 is 10.6 Å². The lowest BCUT2D eigenvalue weighted by Crippen LogP contribution is -2.43. The van der Waals surface area contributed by atoms with Crippen LogP contribution in [0, 0.1) is 19.7 Å². The molecule has 0 atom stereocenters. The van der Waals surface area contributed by atoms with Gasteiger partial charge in [-0.2, -0.15) is 0 Å². The van der Waals surface area contributed by atoms with Crippen molar-refractivity contribution in [1.29, 1.82) is 0 Å². The van der Waals surface area contributed by atoms with Crippen LogP contribution in [0.4, 0.5) is 15.8 Å². The number of fused-ring (bicyclic) bond motifs is 2. The highest BCUT2D eigenvalue weighted by molar-refractivity contribution is 6.35. The molecule has 3 N–H and O–H groups in total. The first-order valence-corrected chi connectivity index (χ1v) is 14.3. The Bertz CT molecular complexity index is 1500. The van der Waals surface area contributed by atoms with Gasteiger partial charge in [0.1, 0.15) is 5.82 Å². The van der Waals surface area contributed by atoms with E-state index >= 15 is 4.39 Å². The van der Waals surface area contributed by atoms with Gasteiger partial charge in [-0.3, -0.25) is 14.5 Å². The summed E-state index contributed by atoms with van der Waals surface area (Å²) in [4.78, 5) is 34.3. The number of carbonyl (C=O) groups excluding carboxylic acids is 2. The van der Waals surface area contributed by atoms with Crippen LogP contribution in [0.15, 0.2) is 36.4 Å². The fourth-order valence-electron chi connectivity index (χ4n) is 5.85. The van der Waals surface area contributed by atoms with Crippen LogP contribution in [0.25, 0.3) is 11.6 Å². The molecule has 1 aromatic heterocycles. The number of aryl methyl sites for hydroxylation is 2. The van der Waals surface area contributed by atoms with Crippen molar-refractivity contribution in [2.45, 2.75) is 33.2 Å². The highest BCUT2D eigenvalue weighted by Gasteiger charge is 2.30. The number of H-pyrrole nitrogens is 1. The molecule has 3 aliphatic heterocycles. The Kier molecular flexibility index (Phi) is 7.64. The van der Waals surface area contributed by atoms with E-state index in [1.165, 1.54) is 11.6 Å². The summed E-state index contributed by atoms with van der Waals surface area (Å²) < 4.78 is 20.6. The number of amides is 2. The van der Waals surface area contributed by atoms with Crippen LogP contribution in [0.3, 0.4) is 0 Å². The summed E-state index contributed by atoms with van der Waals surface area (Å²) in [5.41, 5.74) is 7.09. The maximum absolute atomic E-state index is 15.2. The third-order valence-corrected chi connectivity index (χ3v) is 8.29. The lowest BCUT2D eigenvalue weighted by molar-refractivity contribution is -0.110. The first kappa shape index (κ1) is 27.2. The summed E-state index contributed by atoms with van der Waals surface area (Å²) in [5.74, 6) is -0.697. The first-order chi connectivity index (χ1) is 19.9. The van der Waals surface area contributed by atoms with E-state index in [1.807, 2.05) is 43.0 Å². The van der Waals surface area contributed by atoms with E-state index in [2.05, 4.69) is 20.5 Å². The molecule has 9 heteroatoms. The summed E-state index contributed by atoms with van der Waals surface area (Å²) in [6.07, 6.45) is 3.37. The SMILES string of the molecule is Cc1ccc(CNc2cc3c(cc2F)/C(=C/c2[nH]c4c(c2C)C(=O)N(CCN2CCOCC2)CCC4)C(=O)N3)cc1. The normalized spacial score (nSPS) is 18.3. The van der Waals surface area contributed by atoms with Crippen LogP contribution in [0.2, 0.25) is 0 Å². The van der Waals surface area contributed by atoms with Crippen molar-refractivity contribution in [3.05, 3.63) is 81.4 Å². The van der Waals surface area contributed by atoms with Crippen LogP contribution in [-0.4, -0.2) is 72.5 Å². The van der Waals surface area contributed by atoms with Crippen molar-refractivity contribution in [2.24, 2.45) is 0 Å². The minimum atomic E-state index is -0.427. The summed E-state index contributed by atoms with van der Waals surface area (Å²) in [5, 5.41) is 6.02. The molecular weight excluding hydrogens is 521 g/mol. The summed E-state index contributed by atoms with van der Waals surface area (Å²) >= 11 is 0. The summed E-state index contributed by atoms with van der Waals surface area (Å²) in [6.45, 7) is 9.88. The smallest absolute Gasteiger partial charge is 0.256 e. The largest absolute Gasteiger partial charge is 0.379 e. The van der Waals surface area contributed by atoms with Gasteiger partial charge in [0, 0.05) is 56.2 Å². The van der Waals surface area contributed by atoms with Gasteiger partial charge in [0.25, 0.3) is 11.8 Å². The van der Waals surface area contributed by atoms with E-state index in [1.54, 1.807) is 12.1 Å². The highest BCUT2D eigenvalue weighted by atomic mass is 19.1. The Labute approximate surface area is 239 Å². The van der Waals surface area contributed by atoms with Crippen molar-refractivity contribution in [3.63, 3.8) is 0 Å². The number of hydrogen-bond acceptors (Lipinski definition) is 5. The highest BCUT2D eigenvalue weighted by Crippen LogP contribution is 2.37. The average molecular weight is 558 g/mol. The van der Waals surface area contributed by atoms with Gasteiger partial charge >= 0.3 is 0 Å². The van der Waals surface area contributed by atoms with Crippen molar-refractivity contribution >= 4 is 34.8 Å². The second-order valence-electron chi connectivity index (χ2n) is 11.1. The number of benzene rings is 2. The van der Waals surface area contributed by atoms with Gasteiger partial charge in [-0.1, -0.05) is 29.8 Å². The van der Waals surface area contributed by atoms with Gasteiger partial charge in [0.2, 0.25) is 0 Å². The number of ether oxygens (including phenoxy) is 1. The molecule has 0 unspecified atom stereocenters. The Morgan fingerprint density at radius 1 is 1.05 bits per heavy atom. The van der Waals surface area contributed by atoms with Crippen molar-refractivity contribution in [1.82, 2.24) is 14.8 Å². The molecule has 3 aromatic rings. The lowest BCUT2D eigenvalue weighted by Gasteiger charge is -2.29. The number of halogens is 1. The third-order valence-electron chi connectivity index (χ3n) is 8.29. The Morgan fingerprint density at radius 2 is 1.83 bits per heavy atom. The van der Waals surface area contributed by atoms with Gasteiger partial charge in [0.15, 0.2) is 0 Å². The summed E-state index contributed by atoms with van der Waals surface area (Å²) in [7, 11) is 0. The maximum atomic E-state index is 15.2. The Hall–Kier alpha value is -3.95. The van der Waals surface area contributed by atoms with Gasteiger partial charge in [-0.25, -0.2) is 4.39 Å². The molecular formula is C32H36FN5O3. The van der Waals surface area contributed by atoms with E-state index in [9.17, 15) is 9.59 Å². The predicted molar refractivity (Wildman–Crippen MR) is 158 cm³/mol. The molecule has 6 rings (SSSR count). The van der Waals surface area contributed by atoms with E-state index in [-0.39, 0.29) is 11.8 Å². The average Bonchev–Trinajstić information content (AvgIpc) is 3.38. The number of rotatable bonds is 7. The van der Waals surface area contributed by atoms with Crippen molar-refractivity contribution < 1.29 is 18.7 Å². The fraction of sp³-hybridized carbons (Fsp3) is 0.375. The zero-order valence-corrected chi connectivity index (χ0v) is 23.6. The number of nitrogens with zero attached hydrogens (tertiary/aromatic N) is 2. The number of hydrogen-bond donors (Lipinski definition) is 3. The van der Waals surface area contributed by atoms with Gasteiger partial charge < -0.3 is 25.3 Å². The number of anilines is 2. The van der Waals surface area contributed by atoms with Crippen LogP contribution >= 0.6 is 0 Å². The molecule has 0 radical (unpaired) electrons. The minimum absolute atomic E-state index is 0.0239. The number of morpholine rings is 1. The van der Waals surface area contributed by atoms with Crippen LogP contribution in [0.1, 0.15) is 50.4 Å². The van der Waals surface area contributed by atoms with Gasteiger partial charge in [0.05, 0.1) is 35.7 Å². The van der Waals surface area contributed by atoms with Crippen LogP contribution in [-0.2, 0) is 22.5 Å². The molecule has 3 aliphatic rings. The molecule has 2 amide bonds. The number of nitrogens with one attached hydrogen (secondary N) is 3. The number of carbonyl (C=O) groups is 2. The second-order valence-corrected chi connectivity index (χ2v) is 11.1. The zero-order valence-electron chi connectivity index (χ0n) is 23.6. The third kappa shape index (κ3) is 5.64. The predicted octanol–water partition coefficient (Wildman–Crippen LogP) is 4.60. The van der Waals surface area contributed by atoms with Gasteiger partial charge in [-0.15, -0.1) is 0 Å². The Balaban J connectivity index is 1.22. The van der Waals surface area contributed by atoms with E-state index in [4.69, 9.17) is 4.74 Å². The molecule has 2 aromatic carbocycles. The van der Waals surface area contributed by atoms with E-state index in [0.717, 1.165) is 69.1 Å². The van der Waals surface area contributed by atoms with Crippen molar-refractivity contribution in [3.8, 4) is 0 Å². The molecule has 0 saturated carbocycles. The Morgan fingerprint density at radius 3 is 2.61 bits per heavy atom. The van der Waals surface area contributed by atoms with Gasteiger partial charge in [-0.05, 0) is 56.0 Å². The first-order valence-electron chi connectivity index (χ1n) is 14.3. The molecule has 0 spiro atoms. The van der Waals surface area contributed by atoms with Crippen LogP contribution in [0.5, 0.6) is 0 Å². The standard InChI is InChI=1S/C32H36FN5O3/c1-20-5-7-22(8-6-20)19-34-29-18-28-23(16-25(29)33)24(31(39)36-28)17-27-21(2)30-26(35-27)4-3-9-38(32(30)40)11-10-37-12-14-41-15-13-37/h5-8,16-18,34-35H,3-4,9-15,19H2,1-2H3,(H,36,39)/b24-17-. The lowest BCUT2D eigenvalue weighted by atomic mass is 10.0. The monoisotopic (exact) mass is 557 g/mol. The molecule has 1 saturated heterocycles. The minimum Gasteiger partial charge on any atom is -0.379 e. The summed E-state index contributed by atoms with van der Waals surface area (Å²) in [6, 6.07) is 11.1. The fourth-order valence-corrected chi connectivity index (χ4v) is 5.85. The molecule has 214 valence electrons. The second kappa shape index (κ2) is 11.5. The molecule has 8 nitrogen and oxygen atoms in total. The number of aromatic amines is 1. The maximum Gasteiger partial charge on any atom is 0.256 e. The quantitative estimate of drug-likeness (QED) is 0.370. The van der Waals surface area contributed by atoms with Crippen molar-refractivity contribution in [2.75, 3.05) is 56.6 Å². The molecule has 4 heterocycles.